The molecule has 4 amide bonds. The van der Waals surface area contributed by atoms with Crippen LogP contribution < -0.4 is 24.4 Å². The van der Waals surface area contributed by atoms with Gasteiger partial charge in [0.2, 0.25) is 0 Å². The van der Waals surface area contributed by atoms with Gasteiger partial charge in [0, 0.05) is 24.3 Å². The van der Waals surface area contributed by atoms with Crippen molar-refractivity contribution in [3.05, 3.63) is 99.6 Å². The van der Waals surface area contributed by atoms with Crippen LogP contribution in [0.25, 0.3) is 12.2 Å². The highest BCUT2D eigenvalue weighted by Gasteiger charge is 2.37. The number of rotatable bonds is 8. The first-order valence-electron chi connectivity index (χ1n) is 11.6. The molecule has 1 saturated heterocycles. The third-order valence-electron chi connectivity index (χ3n) is 5.64. The number of carbonyl (C=O) groups is 4. The summed E-state index contributed by atoms with van der Waals surface area (Å²) in [6, 6.07) is 15.3. The van der Waals surface area contributed by atoms with E-state index in [9.17, 15) is 29.3 Å². The Labute approximate surface area is 227 Å². The first-order valence-corrected chi connectivity index (χ1v) is 11.6. The van der Waals surface area contributed by atoms with E-state index >= 15 is 0 Å². The molecule has 1 fully saturated rings. The number of barbiturate groups is 1. The normalized spacial score (nSPS) is 14.3. The Bertz CT molecular complexity index is 1580. The molecule has 0 atom stereocenters. The number of benzene rings is 3. The van der Waals surface area contributed by atoms with Gasteiger partial charge in [-0.15, -0.1) is 0 Å². The van der Waals surface area contributed by atoms with Crippen LogP contribution in [0.3, 0.4) is 0 Å². The fourth-order valence-electron chi connectivity index (χ4n) is 3.68. The van der Waals surface area contributed by atoms with Gasteiger partial charge in [-0.25, -0.2) is 14.5 Å². The molecule has 12 heteroatoms. The van der Waals surface area contributed by atoms with Crippen molar-refractivity contribution >= 4 is 47.3 Å². The number of imide groups is 2. The van der Waals surface area contributed by atoms with Gasteiger partial charge in [-0.2, -0.15) is 0 Å². The highest BCUT2D eigenvalue weighted by Crippen LogP contribution is 2.30. The molecule has 1 aliphatic heterocycles. The number of nitro benzene ring substituents is 1. The van der Waals surface area contributed by atoms with Crippen molar-refractivity contribution in [2.45, 2.75) is 0 Å². The highest BCUT2D eigenvalue weighted by molar-refractivity contribution is 6.39. The SMILES string of the molecule is COc1cccc(N2C(=O)NC(=O)/C(=C\c3ccc(OC(=O)/C=C/c4ccc([N+](=O)[O-])cc4)c(OC)c3)C2=O)c1. The zero-order chi connectivity index (χ0) is 28.8. The zero-order valence-corrected chi connectivity index (χ0v) is 21.2. The minimum Gasteiger partial charge on any atom is -0.497 e. The topological polar surface area (TPSA) is 154 Å². The summed E-state index contributed by atoms with van der Waals surface area (Å²) >= 11 is 0. The van der Waals surface area contributed by atoms with E-state index in [4.69, 9.17) is 14.2 Å². The van der Waals surface area contributed by atoms with Crippen molar-refractivity contribution in [1.82, 2.24) is 5.32 Å². The van der Waals surface area contributed by atoms with Crippen LogP contribution in [0.4, 0.5) is 16.2 Å². The second-order valence-corrected chi connectivity index (χ2v) is 8.17. The molecular weight excluding hydrogens is 522 g/mol. The first-order chi connectivity index (χ1) is 19.2. The maximum atomic E-state index is 13.2. The van der Waals surface area contributed by atoms with Crippen molar-refractivity contribution in [3.63, 3.8) is 0 Å². The van der Waals surface area contributed by atoms with E-state index in [2.05, 4.69) is 5.32 Å². The number of esters is 1. The van der Waals surface area contributed by atoms with Crippen molar-refractivity contribution in [2.24, 2.45) is 0 Å². The van der Waals surface area contributed by atoms with Crippen molar-refractivity contribution in [3.8, 4) is 17.2 Å². The largest absolute Gasteiger partial charge is 0.497 e. The molecule has 0 spiro atoms. The predicted octanol–water partition coefficient (Wildman–Crippen LogP) is 3.90. The van der Waals surface area contributed by atoms with Gasteiger partial charge in [0.25, 0.3) is 17.5 Å². The summed E-state index contributed by atoms with van der Waals surface area (Å²) in [6.45, 7) is 0. The Morgan fingerprint density at radius 3 is 2.33 bits per heavy atom. The lowest BCUT2D eigenvalue weighted by Crippen LogP contribution is -2.54. The van der Waals surface area contributed by atoms with Gasteiger partial charge in [0.05, 0.1) is 24.8 Å². The van der Waals surface area contributed by atoms with Crippen LogP contribution >= 0.6 is 0 Å². The number of nitrogens with one attached hydrogen (secondary N) is 1. The fourth-order valence-corrected chi connectivity index (χ4v) is 3.68. The molecule has 0 radical (unpaired) electrons. The molecule has 0 aliphatic carbocycles. The second-order valence-electron chi connectivity index (χ2n) is 8.17. The lowest BCUT2D eigenvalue weighted by molar-refractivity contribution is -0.384. The molecule has 202 valence electrons. The van der Waals surface area contributed by atoms with Crippen LogP contribution in [-0.4, -0.2) is 43.0 Å². The van der Waals surface area contributed by atoms with Gasteiger partial charge in [0.1, 0.15) is 11.3 Å². The van der Waals surface area contributed by atoms with Gasteiger partial charge >= 0.3 is 12.0 Å². The number of ether oxygens (including phenoxy) is 3. The van der Waals surface area contributed by atoms with Crippen LogP contribution in [0.15, 0.2) is 78.4 Å². The molecule has 0 aromatic heterocycles. The summed E-state index contributed by atoms with van der Waals surface area (Å²) < 4.78 is 15.8. The number of amides is 4. The van der Waals surface area contributed by atoms with Gasteiger partial charge in [-0.05, 0) is 59.7 Å². The van der Waals surface area contributed by atoms with Gasteiger partial charge in [-0.3, -0.25) is 25.0 Å². The Kier molecular flexibility index (Phi) is 7.99. The first kappa shape index (κ1) is 27.3. The van der Waals surface area contributed by atoms with Gasteiger partial charge in [0.15, 0.2) is 11.5 Å². The van der Waals surface area contributed by atoms with Crippen LogP contribution in [0.5, 0.6) is 17.2 Å². The molecule has 1 heterocycles. The Morgan fingerprint density at radius 1 is 0.925 bits per heavy atom. The number of methoxy groups -OCH3 is 2. The average Bonchev–Trinajstić information content (AvgIpc) is 2.95. The molecule has 0 saturated carbocycles. The molecule has 3 aromatic carbocycles. The number of nitrogens with zero attached hydrogens (tertiary/aromatic N) is 2. The summed E-state index contributed by atoms with van der Waals surface area (Å²) in [7, 11) is 2.79. The molecule has 0 bridgehead atoms. The summed E-state index contributed by atoms with van der Waals surface area (Å²) in [5, 5.41) is 12.9. The van der Waals surface area contributed by atoms with Crippen LogP contribution in [-0.2, 0) is 14.4 Å². The number of hydrogen-bond acceptors (Lipinski definition) is 9. The predicted molar refractivity (Wildman–Crippen MR) is 143 cm³/mol. The number of anilines is 1. The van der Waals surface area contributed by atoms with Crippen molar-refractivity contribution in [1.29, 1.82) is 0 Å². The lowest BCUT2D eigenvalue weighted by atomic mass is 10.1. The van der Waals surface area contributed by atoms with Gasteiger partial charge in [-0.1, -0.05) is 12.1 Å². The average molecular weight is 543 g/mol. The minimum atomic E-state index is -0.901. The molecule has 40 heavy (non-hydrogen) atoms. The summed E-state index contributed by atoms with van der Waals surface area (Å²) in [4.78, 5) is 61.5. The summed E-state index contributed by atoms with van der Waals surface area (Å²) in [6.07, 6.45) is 3.85. The minimum absolute atomic E-state index is 0.0654. The zero-order valence-electron chi connectivity index (χ0n) is 21.2. The van der Waals surface area contributed by atoms with Crippen LogP contribution in [0.1, 0.15) is 11.1 Å². The third-order valence-corrected chi connectivity index (χ3v) is 5.64. The monoisotopic (exact) mass is 543 g/mol. The Hall–Kier alpha value is -5.78. The summed E-state index contributed by atoms with van der Waals surface area (Å²) in [5.41, 5.74) is 0.735. The van der Waals surface area contributed by atoms with E-state index in [1.165, 1.54) is 81.0 Å². The molecular formula is C28H21N3O9. The molecule has 1 N–H and O–H groups in total. The standard InChI is InChI=1S/C28H21N3O9/c1-38-21-5-3-4-20(16-21)30-27(34)22(26(33)29-28(30)35)14-18-8-12-23(24(15-18)39-2)40-25(32)13-9-17-6-10-19(11-7-17)31(36)37/h3-16H,1-2H3,(H,29,33,35)/b13-9+,22-14+. The molecule has 0 unspecified atom stereocenters. The third kappa shape index (κ3) is 6.02. The van der Waals surface area contributed by atoms with Crippen LogP contribution in [0.2, 0.25) is 0 Å². The van der Waals surface area contributed by atoms with E-state index in [-0.39, 0.29) is 28.4 Å². The maximum Gasteiger partial charge on any atom is 0.336 e. The second kappa shape index (κ2) is 11.7. The number of hydrogen-bond donors (Lipinski definition) is 1. The number of carbonyl (C=O) groups excluding carboxylic acids is 4. The van der Waals surface area contributed by atoms with E-state index in [1.54, 1.807) is 12.1 Å². The lowest BCUT2D eigenvalue weighted by Gasteiger charge is -2.26. The summed E-state index contributed by atoms with van der Waals surface area (Å²) in [5.74, 6) is -1.84. The number of non-ortho nitro benzene ring substituents is 1. The van der Waals surface area contributed by atoms with E-state index in [0.29, 0.717) is 16.9 Å². The molecule has 12 nitrogen and oxygen atoms in total. The van der Waals surface area contributed by atoms with E-state index in [0.717, 1.165) is 11.0 Å². The van der Waals surface area contributed by atoms with Crippen molar-refractivity contribution < 1.29 is 38.3 Å². The van der Waals surface area contributed by atoms with E-state index in [1.807, 2.05) is 0 Å². The van der Waals surface area contributed by atoms with Crippen molar-refractivity contribution in [2.75, 3.05) is 19.1 Å². The smallest absolute Gasteiger partial charge is 0.336 e. The van der Waals surface area contributed by atoms with E-state index < -0.39 is 28.7 Å². The molecule has 3 aromatic rings. The Balaban J connectivity index is 1.53. The number of urea groups is 1. The maximum absolute atomic E-state index is 13.2. The molecule has 4 rings (SSSR count). The number of nitro groups is 1. The highest BCUT2D eigenvalue weighted by atomic mass is 16.6. The van der Waals surface area contributed by atoms with Gasteiger partial charge < -0.3 is 14.2 Å². The van der Waals surface area contributed by atoms with Crippen LogP contribution in [0, 0.1) is 10.1 Å². The Morgan fingerprint density at radius 2 is 1.65 bits per heavy atom. The quantitative estimate of drug-likeness (QED) is 0.111. The molecule has 1 aliphatic rings. The fraction of sp³-hybridized carbons (Fsp3) is 0.0714.